The second kappa shape index (κ2) is 17.3. The minimum absolute atomic E-state index is 0.0356. The first-order valence-corrected chi connectivity index (χ1v) is 23.4. The first-order chi connectivity index (χ1) is 29.4. The van der Waals surface area contributed by atoms with Crippen molar-refractivity contribution in [3.8, 4) is 0 Å². The minimum Gasteiger partial charge on any atom is -0.394 e. The van der Waals surface area contributed by atoms with E-state index in [9.17, 15) is 46.0 Å². The van der Waals surface area contributed by atoms with E-state index in [1.807, 2.05) is 0 Å². The first-order valence-electron chi connectivity index (χ1n) is 23.4. The van der Waals surface area contributed by atoms with Crippen molar-refractivity contribution >= 4 is 0 Å². The van der Waals surface area contributed by atoms with Crippen LogP contribution in [0, 0.1) is 46.3 Å². The Bertz CT molecular complexity index is 1610. The zero-order chi connectivity index (χ0) is 44.2. The van der Waals surface area contributed by atoms with Gasteiger partial charge in [-0.15, -0.1) is 0 Å². The van der Waals surface area contributed by atoms with Gasteiger partial charge in [-0.25, -0.2) is 0 Å². The summed E-state index contributed by atoms with van der Waals surface area (Å²) in [5.74, 6) is 2.56. The molecule has 9 N–H and O–H groups in total. The molecule has 19 unspecified atom stereocenters. The number of rotatable bonds is 8. The van der Waals surface area contributed by atoms with Crippen LogP contribution in [0.25, 0.3) is 0 Å². The average molecular weight is 885 g/mol. The normalized spacial score (nSPS) is 57.6. The lowest BCUT2D eigenvalue weighted by atomic mass is 9.47. The second-order valence-corrected chi connectivity index (χ2v) is 21.1. The molecule has 26 atom stereocenters. The van der Waals surface area contributed by atoms with Crippen molar-refractivity contribution in [1.29, 1.82) is 0 Å². The number of hydrogen-bond donors (Lipinski definition) is 9. The summed E-state index contributed by atoms with van der Waals surface area (Å²) in [5.41, 5.74) is 1.48. The largest absolute Gasteiger partial charge is 0.394 e. The van der Waals surface area contributed by atoms with Crippen LogP contribution in [0.15, 0.2) is 11.6 Å². The molecule has 62 heavy (non-hydrogen) atoms. The quantitative estimate of drug-likeness (QED) is 0.148. The zero-order valence-corrected chi connectivity index (χ0v) is 36.6. The number of aliphatic hydroxyl groups is 9. The Hall–Kier alpha value is -0.940. The molecule has 354 valence electrons. The van der Waals surface area contributed by atoms with Gasteiger partial charge in [-0.2, -0.15) is 0 Å². The summed E-state index contributed by atoms with van der Waals surface area (Å²) in [6.07, 6.45) is -12.0. The zero-order valence-electron chi connectivity index (χ0n) is 36.6. The standard InChI is InChI=1S/C45H72O17/c1-19-8-13-45(55-18-19)20(2)30-27(62-45)15-26-24-7-6-22-14-23(9-11-43(22,4)25(24)10-12-44(26,30)5)57-42-39(61-40-35(52)33(50)31(48)21(3)56-40)37(54)38(29(17-47)59-42)60-41-36(53)34(51)32(49)28(16-46)58-41/h6,19-21,23-42,46-54H,7-18H2,1-5H3/t19?,20?,21?,23-,24+,25-,26-,27?,28?,29?,30?,31?,32?,33?,34?,35?,36?,37?,38?,39?,40?,41?,42?,43-,44-,45+/m0/s1. The van der Waals surface area contributed by atoms with Crippen LogP contribution in [-0.2, 0) is 37.9 Å². The Morgan fingerprint density at radius 1 is 0.677 bits per heavy atom. The molecule has 0 radical (unpaired) electrons. The maximum absolute atomic E-state index is 12.0. The van der Waals surface area contributed by atoms with Crippen molar-refractivity contribution in [3.05, 3.63) is 11.6 Å². The minimum atomic E-state index is -1.82. The van der Waals surface area contributed by atoms with Gasteiger partial charge in [0.05, 0.1) is 38.1 Å². The van der Waals surface area contributed by atoms with E-state index >= 15 is 0 Å². The Kier molecular flexibility index (Phi) is 12.9. The molecule has 4 aliphatic carbocycles. The lowest BCUT2D eigenvalue weighted by Gasteiger charge is -2.58. The van der Waals surface area contributed by atoms with Crippen LogP contribution in [0.2, 0.25) is 0 Å². The molecular weight excluding hydrogens is 812 g/mol. The second-order valence-electron chi connectivity index (χ2n) is 21.1. The maximum Gasteiger partial charge on any atom is 0.187 e. The molecule has 3 saturated carbocycles. The highest BCUT2D eigenvalue weighted by atomic mass is 16.8. The molecule has 1 spiro atoms. The monoisotopic (exact) mass is 884 g/mol. The van der Waals surface area contributed by atoms with Crippen molar-refractivity contribution in [2.45, 2.75) is 203 Å². The fourth-order valence-corrected chi connectivity index (χ4v) is 14.0. The number of fused-ring (bicyclic) bond motifs is 7. The van der Waals surface area contributed by atoms with Gasteiger partial charge in [-0.3, -0.25) is 0 Å². The molecule has 17 nitrogen and oxygen atoms in total. The maximum atomic E-state index is 12.0. The van der Waals surface area contributed by atoms with Crippen molar-refractivity contribution in [2.24, 2.45) is 46.3 Å². The van der Waals surface area contributed by atoms with E-state index in [0.717, 1.165) is 51.6 Å². The molecule has 0 aromatic carbocycles. The molecule has 0 aromatic heterocycles. The van der Waals surface area contributed by atoms with E-state index in [1.165, 1.54) is 12.5 Å². The predicted molar refractivity (Wildman–Crippen MR) is 214 cm³/mol. The topological polar surface area (TPSA) is 256 Å². The van der Waals surface area contributed by atoms with Gasteiger partial charge in [0.25, 0.3) is 0 Å². The number of allylic oxidation sites excluding steroid dienone is 1. The van der Waals surface area contributed by atoms with Gasteiger partial charge >= 0.3 is 0 Å². The van der Waals surface area contributed by atoms with E-state index in [2.05, 4.69) is 33.8 Å². The number of hydrogen-bond acceptors (Lipinski definition) is 17. The van der Waals surface area contributed by atoms with E-state index in [0.29, 0.717) is 48.3 Å². The summed E-state index contributed by atoms with van der Waals surface area (Å²) in [5, 5.41) is 95.7. The molecule has 0 bridgehead atoms. The van der Waals surface area contributed by atoms with E-state index in [1.54, 1.807) is 0 Å². The highest BCUT2D eigenvalue weighted by Gasteiger charge is 2.69. The summed E-state index contributed by atoms with van der Waals surface area (Å²) in [6.45, 7) is 10.4. The van der Waals surface area contributed by atoms with Crippen LogP contribution >= 0.6 is 0 Å². The van der Waals surface area contributed by atoms with Gasteiger partial charge in [0.1, 0.15) is 67.1 Å². The Labute approximate surface area is 363 Å². The van der Waals surface area contributed by atoms with E-state index in [-0.39, 0.29) is 23.0 Å². The fourth-order valence-electron chi connectivity index (χ4n) is 14.0. The first kappa shape index (κ1) is 46.2. The van der Waals surface area contributed by atoms with E-state index < -0.39 is 111 Å². The SMILES string of the molecule is CC1CC[C@@]2(OC1)OC1C[C@H]3[C@@H]4CC=C5C[C@@H](OC6OC(CO)C(OC7OC(CO)C(O)C(O)C7O)C(O)C6OC6OC(C)C(O)C(O)C6O)CC[C@]5(C)[C@H]4CC[C@]3(C)C1C2C. The van der Waals surface area contributed by atoms with Crippen molar-refractivity contribution in [3.63, 3.8) is 0 Å². The van der Waals surface area contributed by atoms with Crippen molar-refractivity contribution < 1.29 is 83.9 Å². The molecule has 17 heteroatoms. The molecule has 9 aliphatic rings. The van der Waals surface area contributed by atoms with Gasteiger partial charge in [-0.1, -0.05) is 39.3 Å². The van der Waals surface area contributed by atoms with Crippen LogP contribution in [0.4, 0.5) is 0 Å². The van der Waals surface area contributed by atoms with Crippen LogP contribution in [0.1, 0.15) is 92.4 Å². The van der Waals surface area contributed by atoms with Gasteiger partial charge in [0.15, 0.2) is 24.7 Å². The molecule has 5 heterocycles. The Morgan fingerprint density at radius 3 is 2.05 bits per heavy atom. The highest BCUT2D eigenvalue weighted by molar-refractivity contribution is 5.26. The smallest absolute Gasteiger partial charge is 0.187 e. The lowest BCUT2D eigenvalue weighted by molar-refractivity contribution is -0.389. The third kappa shape index (κ3) is 7.49. The van der Waals surface area contributed by atoms with Gasteiger partial charge in [0.2, 0.25) is 0 Å². The lowest BCUT2D eigenvalue weighted by Crippen LogP contribution is -2.67. The summed E-state index contributed by atoms with van der Waals surface area (Å²) in [4.78, 5) is 0. The number of aliphatic hydroxyl groups excluding tert-OH is 9. The third-order valence-corrected chi connectivity index (χ3v) is 17.7. The summed E-state index contributed by atoms with van der Waals surface area (Å²) < 4.78 is 49.9. The summed E-state index contributed by atoms with van der Waals surface area (Å²) >= 11 is 0. The molecule has 0 aromatic rings. The molecule has 5 aliphatic heterocycles. The molecule has 0 amide bonds. The Balaban J connectivity index is 0.917. The van der Waals surface area contributed by atoms with Crippen LogP contribution < -0.4 is 0 Å². The summed E-state index contributed by atoms with van der Waals surface area (Å²) in [7, 11) is 0. The van der Waals surface area contributed by atoms with Crippen LogP contribution in [-0.4, -0.2) is 176 Å². The highest BCUT2D eigenvalue weighted by Crippen LogP contribution is 2.70. The van der Waals surface area contributed by atoms with Crippen LogP contribution in [0.3, 0.4) is 0 Å². The average Bonchev–Trinajstić information content (AvgIpc) is 3.70. The Morgan fingerprint density at radius 2 is 1.35 bits per heavy atom. The number of ether oxygens (including phenoxy) is 8. The van der Waals surface area contributed by atoms with Gasteiger partial charge in [0, 0.05) is 12.3 Å². The fraction of sp³-hybridized carbons (Fsp3) is 0.956. The van der Waals surface area contributed by atoms with Crippen molar-refractivity contribution in [2.75, 3.05) is 19.8 Å². The van der Waals surface area contributed by atoms with E-state index in [4.69, 9.17) is 37.9 Å². The van der Waals surface area contributed by atoms with Gasteiger partial charge in [-0.05, 0) is 98.7 Å². The predicted octanol–water partition coefficient (Wildman–Crippen LogP) is 0.214. The molecule has 5 saturated heterocycles. The third-order valence-electron chi connectivity index (χ3n) is 17.7. The molecular formula is C45H72O17. The molecule has 8 fully saturated rings. The summed E-state index contributed by atoms with van der Waals surface area (Å²) in [6, 6.07) is 0. The molecule has 9 rings (SSSR count). The van der Waals surface area contributed by atoms with Gasteiger partial charge < -0.3 is 83.9 Å². The van der Waals surface area contributed by atoms with Crippen LogP contribution in [0.5, 0.6) is 0 Å². The van der Waals surface area contributed by atoms with Crippen molar-refractivity contribution in [1.82, 2.24) is 0 Å².